The third-order valence-electron chi connectivity index (χ3n) is 10.6. The number of oxazole rings is 1. The Labute approximate surface area is 321 Å². The van der Waals surface area contributed by atoms with E-state index < -0.39 is 17.7 Å². The maximum Gasteiger partial charge on any atom is 0.419 e. The normalized spacial score (nSPS) is 17.9. The van der Waals surface area contributed by atoms with Crippen LogP contribution in [0.4, 0.5) is 5.69 Å². The number of thiophene rings is 2. The Morgan fingerprint density at radius 2 is 1.85 bits per heavy atom. The molecule has 5 N–H and O–H groups in total. The molecular weight excluding hydrogens is 725 g/mol. The van der Waals surface area contributed by atoms with Crippen LogP contribution in [-0.4, -0.2) is 69.6 Å². The lowest BCUT2D eigenvalue weighted by Crippen LogP contribution is -2.44. The minimum absolute atomic E-state index is 0.107. The fourth-order valence-electron chi connectivity index (χ4n) is 7.64. The van der Waals surface area contributed by atoms with E-state index in [2.05, 4.69) is 29.2 Å². The summed E-state index contributed by atoms with van der Waals surface area (Å²) in [6, 6.07) is 16.9. The number of anilines is 1. The van der Waals surface area contributed by atoms with Crippen LogP contribution in [0.5, 0.6) is 5.75 Å². The van der Waals surface area contributed by atoms with Crippen LogP contribution in [-0.2, 0) is 28.1 Å². The van der Waals surface area contributed by atoms with E-state index in [1.54, 1.807) is 16.7 Å². The summed E-state index contributed by atoms with van der Waals surface area (Å²) in [5.74, 6) is -1.25. The number of carbonyl (C=O) groups is 1. The lowest BCUT2D eigenvalue weighted by Gasteiger charge is -2.38. The Bertz CT molecular complexity index is 2130. The summed E-state index contributed by atoms with van der Waals surface area (Å²) in [7, 11) is 2.12. The van der Waals surface area contributed by atoms with E-state index in [0.717, 1.165) is 55.3 Å². The van der Waals surface area contributed by atoms with E-state index in [0.29, 0.717) is 64.4 Å². The summed E-state index contributed by atoms with van der Waals surface area (Å²) in [5, 5.41) is 41.8. The van der Waals surface area contributed by atoms with Crippen molar-refractivity contribution in [3.05, 3.63) is 121 Å². The van der Waals surface area contributed by atoms with E-state index >= 15 is 0 Å². The monoisotopic (exact) mass is 770 g/mol. The molecule has 1 fully saturated rings. The number of ether oxygens (including phenoxy) is 1. The average molecular weight is 771 g/mol. The second kappa shape index (κ2) is 16.5. The molecule has 0 bridgehead atoms. The number of aromatic hydroxyl groups is 1. The Morgan fingerprint density at radius 3 is 2.54 bits per heavy atom. The highest BCUT2D eigenvalue weighted by Gasteiger charge is 2.48. The summed E-state index contributed by atoms with van der Waals surface area (Å²) >= 11 is 2.82. The molecule has 1 aliphatic carbocycles. The number of benzene rings is 2. The number of rotatable bonds is 16. The standard InChI is InChI=1S/C41H46N4O7S2/c1-26-8-14-31-30(15-17-33(46)38(31)43-26)34(47)25-42-19-18-27-9-16-32-35(24-27)51-40(50)45(32)21-5-20-44(2)28-10-12-29(13-11-28)52-41(39(48)49,36-6-3-22-53-36)37-7-4-23-54-37/h3-4,6-9,14-17,22-24,28-29,34,42-43,46-47H,1,5,10-13,18-21,25H2,2H3,(H,48,49)/t28?,29?,34-/m0/s1. The van der Waals surface area contributed by atoms with Gasteiger partial charge in [-0.1, -0.05) is 36.9 Å². The number of hydrogen-bond donors (Lipinski definition) is 5. The van der Waals surface area contributed by atoms with Gasteiger partial charge in [0.25, 0.3) is 0 Å². The number of aliphatic hydroxyl groups excluding tert-OH is 1. The first-order valence-electron chi connectivity index (χ1n) is 18.3. The zero-order valence-electron chi connectivity index (χ0n) is 30.2. The van der Waals surface area contributed by atoms with Gasteiger partial charge in [0.1, 0.15) is 5.75 Å². The first-order valence-corrected chi connectivity index (χ1v) is 20.1. The lowest BCUT2D eigenvalue weighted by atomic mass is 9.90. The number of aliphatic carboxylic acids is 1. The van der Waals surface area contributed by atoms with Gasteiger partial charge in [-0.2, -0.15) is 0 Å². The molecule has 1 atom stereocenters. The highest BCUT2D eigenvalue weighted by molar-refractivity contribution is 7.12. The molecule has 0 amide bonds. The molecule has 2 aromatic carbocycles. The molecule has 1 saturated carbocycles. The van der Waals surface area contributed by atoms with Gasteiger partial charge < -0.3 is 40.0 Å². The number of hydrogen-bond acceptors (Lipinski definition) is 11. The minimum atomic E-state index is -1.49. The molecular formula is C41H46N4O7S2. The Balaban J connectivity index is 0.878. The van der Waals surface area contributed by atoms with Gasteiger partial charge in [0.15, 0.2) is 5.58 Å². The van der Waals surface area contributed by atoms with E-state index in [1.165, 1.54) is 22.7 Å². The topological polar surface area (TPSA) is 149 Å². The number of nitrogens with one attached hydrogen (secondary N) is 2. The number of aromatic nitrogens is 1. The maximum absolute atomic E-state index is 12.9. The van der Waals surface area contributed by atoms with Crippen molar-refractivity contribution in [2.45, 2.75) is 68.9 Å². The van der Waals surface area contributed by atoms with Crippen molar-refractivity contribution < 1.29 is 29.3 Å². The number of carboxylic acid groups (broad SMARTS) is 1. The van der Waals surface area contributed by atoms with E-state index in [1.807, 2.05) is 65.4 Å². The van der Waals surface area contributed by atoms with Crippen LogP contribution < -0.4 is 16.4 Å². The van der Waals surface area contributed by atoms with E-state index in [4.69, 9.17) is 9.15 Å². The van der Waals surface area contributed by atoms with Crippen LogP contribution in [0.2, 0.25) is 0 Å². The van der Waals surface area contributed by atoms with Gasteiger partial charge in [-0.05, 0) is 117 Å². The molecule has 284 valence electrons. The largest absolute Gasteiger partial charge is 0.506 e. The maximum atomic E-state index is 12.9. The smallest absolute Gasteiger partial charge is 0.419 e. The number of aliphatic hydroxyl groups is 1. The SMILES string of the molecule is C=C1C=Cc2c([C@@H](O)CNCCc3ccc4c(c3)oc(=O)n4CCCN(C)C3CCC(OC(C(=O)O)(c4cccs4)c4cccs4)CC3)ccc(O)c2N1. The van der Waals surface area contributed by atoms with Crippen molar-refractivity contribution >= 4 is 51.5 Å². The number of nitrogens with zero attached hydrogens (tertiary/aromatic N) is 2. The van der Waals surface area contributed by atoms with Crippen LogP contribution in [0.3, 0.4) is 0 Å². The fourth-order valence-corrected chi connectivity index (χ4v) is 9.45. The van der Waals surface area contributed by atoms with Gasteiger partial charge in [0, 0.05) is 30.4 Å². The van der Waals surface area contributed by atoms with Crippen molar-refractivity contribution in [3.63, 3.8) is 0 Å². The molecule has 0 spiro atoms. The number of carboxylic acids is 1. The number of fused-ring (bicyclic) bond motifs is 2. The quantitative estimate of drug-likeness (QED) is 0.0529. The summed E-state index contributed by atoms with van der Waals surface area (Å²) in [4.78, 5) is 29.4. The zero-order valence-corrected chi connectivity index (χ0v) is 31.8. The minimum Gasteiger partial charge on any atom is -0.506 e. The molecule has 0 radical (unpaired) electrons. The van der Waals surface area contributed by atoms with Gasteiger partial charge >= 0.3 is 11.7 Å². The predicted molar refractivity (Wildman–Crippen MR) is 213 cm³/mol. The van der Waals surface area contributed by atoms with Crippen molar-refractivity contribution in [2.75, 3.05) is 32.0 Å². The molecule has 2 aliphatic rings. The number of phenols is 1. The second-order valence-electron chi connectivity index (χ2n) is 14.1. The molecule has 5 aromatic rings. The molecule has 0 unspecified atom stereocenters. The molecule has 54 heavy (non-hydrogen) atoms. The molecule has 1 aliphatic heterocycles. The number of allylic oxidation sites excluding steroid dienone is 1. The van der Waals surface area contributed by atoms with Crippen LogP contribution in [0.25, 0.3) is 17.2 Å². The Morgan fingerprint density at radius 1 is 1.11 bits per heavy atom. The molecule has 0 saturated heterocycles. The van der Waals surface area contributed by atoms with Crippen LogP contribution in [0, 0.1) is 0 Å². The van der Waals surface area contributed by atoms with Gasteiger partial charge in [-0.3, -0.25) is 4.57 Å². The summed E-state index contributed by atoms with van der Waals surface area (Å²) in [6.07, 6.45) is 7.54. The van der Waals surface area contributed by atoms with Crippen LogP contribution in [0.1, 0.15) is 64.7 Å². The van der Waals surface area contributed by atoms with Gasteiger partial charge in [-0.15, -0.1) is 22.7 Å². The average Bonchev–Trinajstić information content (AvgIpc) is 3.96. The molecule has 13 heteroatoms. The molecule has 11 nitrogen and oxygen atoms in total. The lowest BCUT2D eigenvalue weighted by molar-refractivity contribution is -0.170. The number of phenolic OH excluding ortho intramolecular Hbond substituents is 1. The fraction of sp³-hybridized carbons (Fsp3) is 0.366. The van der Waals surface area contributed by atoms with Crippen molar-refractivity contribution in [1.82, 2.24) is 14.8 Å². The first kappa shape index (κ1) is 37.8. The number of aryl methyl sites for hydroxylation is 1. The first-order chi connectivity index (χ1) is 26.1. The van der Waals surface area contributed by atoms with Gasteiger partial charge in [0.2, 0.25) is 5.60 Å². The highest BCUT2D eigenvalue weighted by Crippen LogP contribution is 2.43. The van der Waals surface area contributed by atoms with E-state index in [9.17, 15) is 24.9 Å². The summed E-state index contributed by atoms with van der Waals surface area (Å²) < 4.78 is 13.9. The second-order valence-corrected chi connectivity index (χ2v) is 16.0. The van der Waals surface area contributed by atoms with Crippen LogP contribution >= 0.6 is 22.7 Å². The third kappa shape index (κ3) is 7.83. The predicted octanol–water partition coefficient (Wildman–Crippen LogP) is 6.92. The Kier molecular flexibility index (Phi) is 11.5. The third-order valence-corrected chi connectivity index (χ3v) is 12.5. The van der Waals surface area contributed by atoms with Crippen molar-refractivity contribution in [1.29, 1.82) is 0 Å². The van der Waals surface area contributed by atoms with Crippen molar-refractivity contribution in [3.8, 4) is 5.75 Å². The summed E-state index contributed by atoms with van der Waals surface area (Å²) in [5.41, 5.74) is 3.53. The highest BCUT2D eigenvalue weighted by atomic mass is 32.1. The van der Waals surface area contributed by atoms with Gasteiger partial charge in [0.05, 0.1) is 33.2 Å². The molecule has 4 heterocycles. The van der Waals surface area contributed by atoms with Gasteiger partial charge in [-0.25, -0.2) is 9.59 Å². The van der Waals surface area contributed by atoms with E-state index in [-0.39, 0.29) is 17.6 Å². The molecule has 3 aromatic heterocycles. The Hall–Kier alpha value is -4.50. The van der Waals surface area contributed by atoms with Crippen molar-refractivity contribution in [2.24, 2.45) is 0 Å². The summed E-state index contributed by atoms with van der Waals surface area (Å²) in [6.45, 7) is 6.17. The van der Waals surface area contributed by atoms with Crippen LogP contribution in [0.15, 0.2) is 92.9 Å². The molecule has 7 rings (SSSR count). The zero-order chi connectivity index (χ0) is 37.8.